The number of nitrogens with zero attached hydrogens (tertiary/aromatic N) is 3. The van der Waals surface area contributed by atoms with E-state index in [4.69, 9.17) is 22.1 Å². The molecule has 0 spiro atoms. The van der Waals surface area contributed by atoms with Crippen molar-refractivity contribution in [3.05, 3.63) is 77.1 Å². The maximum absolute atomic E-state index is 5.87. The summed E-state index contributed by atoms with van der Waals surface area (Å²) in [5.74, 6) is 1.59. The van der Waals surface area contributed by atoms with Gasteiger partial charge in [-0.25, -0.2) is 4.98 Å². The third kappa shape index (κ3) is 4.02. The second-order valence-corrected chi connectivity index (χ2v) is 6.93. The zero-order chi connectivity index (χ0) is 19.5. The highest BCUT2D eigenvalue weighted by Gasteiger charge is 2.07. The molecule has 142 valence electrons. The molecule has 4 rings (SSSR count). The lowest BCUT2D eigenvalue weighted by Gasteiger charge is -2.09. The molecule has 2 heterocycles. The summed E-state index contributed by atoms with van der Waals surface area (Å²) in [6.45, 7) is 1.06. The molecule has 0 atom stereocenters. The molecule has 0 aliphatic carbocycles. The van der Waals surface area contributed by atoms with E-state index in [1.165, 1.54) is 0 Å². The summed E-state index contributed by atoms with van der Waals surface area (Å²) < 4.78 is 7.77. The van der Waals surface area contributed by atoms with Gasteiger partial charge < -0.3 is 20.4 Å². The fraction of sp³-hybridized carbons (Fsp3) is 0.143. The number of pyridine rings is 1. The second kappa shape index (κ2) is 7.78. The number of anilines is 2. The van der Waals surface area contributed by atoms with Gasteiger partial charge in [0, 0.05) is 25.5 Å². The minimum absolute atomic E-state index is 0.401. The van der Waals surface area contributed by atoms with Crippen molar-refractivity contribution >= 4 is 34.3 Å². The molecule has 4 aromatic rings. The number of halogens is 1. The van der Waals surface area contributed by atoms with Crippen molar-refractivity contribution in [3.63, 3.8) is 0 Å². The number of fused-ring (bicyclic) bond motifs is 1. The summed E-state index contributed by atoms with van der Waals surface area (Å²) in [5.41, 5.74) is 10.5. The molecule has 0 amide bonds. The van der Waals surface area contributed by atoms with Gasteiger partial charge in [0.05, 0.1) is 21.7 Å². The first-order chi connectivity index (χ1) is 13.6. The summed E-state index contributed by atoms with van der Waals surface area (Å²) in [5, 5.41) is 3.98. The third-order valence-corrected chi connectivity index (χ3v) is 4.68. The van der Waals surface area contributed by atoms with E-state index in [9.17, 15) is 0 Å². The lowest BCUT2D eigenvalue weighted by Crippen LogP contribution is -2.05. The maximum Gasteiger partial charge on any atom is 0.203 e. The first-order valence-electron chi connectivity index (χ1n) is 8.86. The molecule has 0 radical (unpaired) electrons. The zero-order valence-electron chi connectivity index (χ0n) is 15.4. The number of nitrogen functional groups attached to an aromatic ring is 1. The van der Waals surface area contributed by atoms with Gasteiger partial charge >= 0.3 is 0 Å². The third-order valence-electron chi connectivity index (χ3n) is 4.45. The van der Waals surface area contributed by atoms with Crippen LogP contribution in [0.5, 0.6) is 5.75 Å². The summed E-state index contributed by atoms with van der Waals surface area (Å²) in [6.07, 6.45) is 1.62. The van der Waals surface area contributed by atoms with E-state index >= 15 is 0 Å². The Hall–Kier alpha value is -3.25. The van der Waals surface area contributed by atoms with Gasteiger partial charge in [-0.15, -0.1) is 0 Å². The standard InChI is InChI=1S/C21H20ClN5O/c1-27-20-10-16(23)5-9-19(20)26-21(27)25-11-14-2-7-18(8-3-14)28-13-17-6-4-15(22)12-24-17/h2-10,12H,11,13,23H2,1H3,(H,25,26). The lowest BCUT2D eigenvalue weighted by atomic mass is 10.2. The Balaban J connectivity index is 1.37. The molecule has 2 aromatic carbocycles. The van der Waals surface area contributed by atoms with E-state index < -0.39 is 0 Å². The zero-order valence-corrected chi connectivity index (χ0v) is 16.1. The summed E-state index contributed by atoms with van der Waals surface area (Å²) in [4.78, 5) is 8.83. The smallest absolute Gasteiger partial charge is 0.203 e. The number of hydrogen-bond acceptors (Lipinski definition) is 5. The van der Waals surface area contributed by atoms with Gasteiger partial charge in [0.2, 0.25) is 5.95 Å². The van der Waals surface area contributed by atoms with Crippen molar-refractivity contribution < 1.29 is 4.74 Å². The van der Waals surface area contributed by atoms with Crippen molar-refractivity contribution in [2.45, 2.75) is 13.2 Å². The topological polar surface area (TPSA) is 78.0 Å². The van der Waals surface area contributed by atoms with Crippen LogP contribution in [0.1, 0.15) is 11.3 Å². The number of aryl methyl sites for hydroxylation is 1. The highest BCUT2D eigenvalue weighted by Crippen LogP contribution is 2.21. The number of benzene rings is 2. The van der Waals surface area contributed by atoms with Crippen LogP contribution in [0, 0.1) is 0 Å². The van der Waals surface area contributed by atoms with Crippen molar-refractivity contribution in [3.8, 4) is 5.75 Å². The normalized spacial score (nSPS) is 10.9. The average Bonchev–Trinajstić information content (AvgIpc) is 3.02. The van der Waals surface area contributed by atoms with Gasteiger partial charge in [-0.05, 0) is 48.0 Å². The molecule has 2 aromatic heterocycles. The van der Waals surface area contributed by atoms with Crippen LogP contribution in [0.15, 0.2) is 60.8 Å². The van der Waals surface area contributed by atoms with Crippen molar-refractivity contribution in [1.29, 1.82) is 0 Å². The van der Waals surface area contributed by atoms with Gasteiger partial charge in [-0.3, -0.25) is 4.98 Å². The van der Waals surface area contributed by atoms with Crippen LogP contribution >= 0.6 is 11.6 Å². The van der Waals surface area contributed by atoms with Gasteiger partial charge in [0.15, 0.2) is 0 Å². The number of nitrogens with two attached hydrogens (primary N) is 1. The molecule has 0 saturated carbocycles. The summed E-state index contributed by atoms with van der Waals surface area (Å²) >= 11 is 5.84. The van der Waals surface area contributed by atoms with E-state index in [1.807, 2.05) is 60.1 Å². The Morgan fingerprint density at radius 2 is 1.93 bits per heavy atom. The number of aromatic nitrogens is 3. The molecule has 6 nitrogen and oxygen atoms in total. The van der Waals surface area contributed by atoms with Gasteiger partial charge in [0.1, 0.15) is 12.4 Å². The minimum atomic E-state index is 0.401. The number of imidazole rings is 1. The molecular weight excluding hydrogens is 374 g/mol. The van der Waals surface area contributed by atoms with Gasteiger partial charge in [-0.1, -0.05) is 23.7 Å². The fourth-order valence-electron chi connectivity index (χ4n) is 2.90. The minimum Gasteiger partial charge on any atom is -0.487 e. The Bertz CT molecular complexity index is 1090. The van der Waals surface area contributed by atoms with Gasteiger partial charge in [0.25, 0.3) is 0 Å². The van der Waals surface area contributed by atoms with Crippen LogP contribution in [0.25, 0.3) is 11.0 Å². The van der Waals surface area contributed by atoms with Crippen LogP contribution in [0.2, 0.25) is 5.02 Å². The fourth-order valence-corrected chi connectivity index (χ4v) is 3.01. The maximum atomic E-state index is 5.87. The first kappa shape index (κ1) is 18.1. The molecule has 3 N–H and O–H groups in total. The number of hydrogen-bond donors (Lipinski definition) is 2. The van der Waals surface area contributed by atoms with Crippen LogP contribution in [-0.4, -0.2) is 14.5 Å². The predicted molar refractivity (Wildman–Crippen MR) is 112 cm³/mol. The molecule has 0 saturated heterocycles. The van der Waals surface area contributed by atoms with E-state index in [-0.39, 0.29) is 0 Å². The Kier molecular flexibility index (Phi) is 5.04. The Labute approximate surface area is 167 Å². The van der Waals surface area contributed by atoms with E-state index in [0.717, 1.165) is 39.7 Å². The molecule has 0 fully saturated rings. The Morgan fingerprint density at radius 3 is 2.68 bits per heavy atom. The summed E-state index contributed by atoms with van der Waals surface area (Å²) in [6, 6.07) is 17.3. The predicted octanol–water partition coefficient (Wildman–Crippen LogP) is 4.40. The molecule has 0 bridgehead atoms. The molecule has 0 aliphatic heterocycles. The van der Waals surface area contributed by atoms with Crippen molar-refractivity contribution in [2.75, 3.05) is 11.1 Å². The Morgan fingerprint density at radius 1 is 1.11 bits per heavy atom. The highest BCUT2D eigenvalue weighted by atomic mass is 35.5. The molecule has 7 heteroatoms. The highest BCUT2D eigenvalue weighted by molar-refractivity contribution is 6.30. The van der Waals surface area contributed by atoms with Gasteiger partial charge in [-0.2, -0.15) is 0 Å². The lowest BCUT2D eigenvalue weighted by molar-refractivity contribution is 0.301. The molecule has 0 aliphatic rings. The van der Waals surface area contributed by atoms with Crippen molar-refractivity contribution in [1.82, 2.24) is 14.5 Å². The molecular formula is C21H20ClN5O. The van der Waals surface area contributed by atoms with E-state index in [1.54, 1.807) is 12.3 Å². The van der Waals surface area contributed by atoms with Crippen LogP contribution in [0.4, 0.5) is 11.6 Å². The van der Waals surface area contributed by atoms with E-state index in [0.29, 0.717) is 18.2 Å². The van der Waals surface area contributed by atoms with E-state index in [2.05, 4.69) is 15.3 Å². The van der Waals surface area contributed by atoms with Crippen molar-refractivity contribution in [2.24, 2.45) is 7.05 Å². The summed E-state index contributed by atoms with van der Waals surface area (Å²) in [7, 11) is 1.97. The second-order valence-electron chi connectivity index (χ2n) is 6.50. The number of ether oxygens (including phenoxy) is 1. The first-order valence-corrected chi connectivity index (χ1v) is 9.24. The monoisotopic (exact) mass is 393 g/mol. The largest absolute Gasteiger partial charge is 0.487 e. The van der Waals surface area contributed by atoms with Crippen LogP contribution in [-0.2, 0) is 20.2 Å². The average molecular weight is 394 g/mol. The SMILES string of the molecule is Cn1c(NCc2ccc(OCc3ccc(Cl)cn3)cc2)nc2ccc(N)cc21. The number of nitrogens with one attached hydrogen (secondary N) is 1. The molecule has 28 heavy (non-hydrogen) atoms. The quantitative estimate of drug-likeness (QED) is 0.475. The molecule has 0 unspecified atom stereocenters. The van der Waals surface area contributed by atoms with Crippen LogP contribution < -0.4 is 15.8 Å². The number of rotatable bonds is 6. The van der Waals surface area contributed by atoms with Crippen LogP contribution in [0.3, 0.4) is 0 Å².